The van der Waals surface area contributed by atoms with Gasteiger partial charge in [-0.2, -0.15) is 0 Å². The fourth-order valence-corrected chi connectivity index (χ4v) is 2.84. The van der Waals surface area contributed by atoms with Gasteiger partial charge in [-0.3, -0.25) is 0 Å². The highest BCUT2D eigenvalue weighted by Gasteiger charge is 2.11. The third-order valence-electron chi connectivity index (χ3n) is 2.28. The fraction of sp³-hybridized carbons (Fsp3) is 0.250. The van der Waals surface area contributed by atoms with Crippen molar-refractivity contribution < 1.29 is 0 Å². The van der Waals surface area contributed by atoms with E-state index < -0.39 is 0 Å². The monoisotopic (exact) mass is 286 g/mol. The van der Waals surface area contributed by atoms with Crippen molar-refractivity contribution in [3.05, 3.63) is 38.6 Å². The van der Waals surface area contributed by atoms with Crippen LogP contribution >= 0.6 is 34.5 Å². The number of nitrogens with zero attached hydrogens (tertiary/aromatic N) is 1. The smallest absolute Gasteiger partial charge is 0.0947 e. The summed E-state index contributed by atoms with van der Waals surface area (Å²) in [6, 6.07) is 5.67. The molecule has 0 aliphatic carbocycles. The molecule has 0 saturated heterocycles. The van der Waals surface area contributed by atoms with E-state index in [2.05, 4.69) is 4.98 Å². The van der Waals surface area contributed by atoms with E-state index >= 15 is 0 Å². The highest BCUT2D eigenvalue weighted by molar-refractivity contribution is 7.10. The molecule has 2 nitrogen and oxygen atoms in total. The highest BCUT2D eigenvalue weighted by Crippen LogP contribution is 2.33. The van der Waals surface area contributed by atoms with E-state index in [9.17, 15) is 0 Å². The number of benzene rings is 1. The van der Waals surface area contributed by atoms with Gasteiger partial charge in [0.2, 0.25) is 0 Å². The molecule has 0 spiro atoms. The van der Waals surface area contributed by atoms with Crippen LogP contribution in [0.4, 0.5) is 0 Å². The molecule has 0 aliphatic rings. The highest BCUT2D eigenvalue weighted by atomic mass is 35.5. The third kappa shape index (κ3) is 2.99. The lowest BCUT2D eigenvalue weighted by Crippen LogP contribution is -2.17. The number of halogens is 2. The number of nitrogens with two attached hydrogens (primary N) is 1. The fourth-order valence-electron chi connectivity index (χ4n) is 1.51. The molecule has 90 valence electrons. The molecule has 1 atom stereocenters. The van der Waals surface area contributed by atoms with Crippen LogP contribution in [0.25, 0.3) is 11.3 Å². The summed E-state index contributed by atoms with van der Waals surface area (Å²) >= 11 is 13.7. The molecule has 0 radical (unpaired) electrons. The molecule has 0 amide bonds. The summed E-state index contributed by atoms with van der Waals surface area (Å²) in [7, 11) is 0. The maximum absolute atomic E-state index is 6.15. The van der Waals surface area contributed by atoms with Crippen LogP contribution in [0.1, 0.15) is 11.9 Å². The van der Waals surface area contributed by atoms with Gasteiger partial charge in [0.1, 0.15) is 0 Å². The lowest BCUT2D eigenvalue weighted by Gasteiger charge is -2.02. The second kappa shape index (κ2) is 5.36. The molecule has 2 aromatic rings. The average Bonchev–Trinajstić information content (AvgIpc) is 2.69. The van der Waals surface area contributed by atoms with Gasteiger partial charge in [-0.15, -0.1) is 11.3 Å². The Balaban J connectivity index is 2.34. The zero-order chi connectivity index (χ0) is 12.4. The summed E-state index contributed by atoms with van der Waals surface area (Å²) in [5.74, 6) is 0. The minimum Gasteiger partial charge on any atom is -0.328 e. The van der Waals surface area contributed by atoms with Crippen molar-refractivity contribution in [1.29, 1.82) is 0 Å². The average molecular weight is 287 g/mol. The number of aromatic nitrogens is 1. The predicted octanol–water partition coefficient (Wildman–Crippen LogP) is 4.01. The lowest BCUT2D eigenvalue weighted by atomic mass is 10.2. The third-order valence-corrected chi connectivity index (χ3v) is 3.97. The topological polar surface area (TPSA) is 38.9 Å². The van der Waals surface area contributed by atoms with E-state index in [0.717, 1.165) is 22.7 Å². The molecule has 0 saturated carbocycles. The van der Waals surface area contributed by atoms with Crippen LogP contribution in [0.15, 0.2) is 23.6 Å². The summed E-state index contributed by atoms with van der Waals surface area (Å²) < 4.78 is 0. The van der Waals surface area contributed by atoms with Crippen LogP contribution in [0.5, 0.6) is 0 Å². The van der Waals surface area contributed by atoms with Crippen molar-refractivity contribution in [2.45, 2.75) is 19.4 Å². The molecule has 1 heterocycles. The summed E-state index contributed by atoms with van der Waals surface area (Å²) in [5.41, 5.74) is 7.47. The molecule has 2 rings (SSSR count). The number of hydrogen-bond acceptors (Lipinski definition) is 3. The van der Waals surface area contributed by atoms with Crippen LogP contribution in [0.3, 0.4) is 0 Å². The first-order valence-electron chi connectivity index (χ1n) is 5.22. The SMILES string of the molecule is CC(N)Cc1nc(-c2cccc(Cl)c2Cl)cs1. The van der Waals surface area contributed by atoms with E-state index in [0.29, 0.717) is 10.0 Å². The zero-order valence-electron chi connectivity index (χ0n) is 9.28. The first kappa shape index (κ1) is 12.8. The molecule has 1 aromatic carbocycles. The van der Waals surface area contributed by atoms with Gasteiger partial charge in [-0.1, -0.05) is 35.3 Å². The van der Waals surface area contributed by atoms with Crippen LogP contribution < -0.4 is 5.73 Å². The molecule has 5 heteroatoms. The molecule has 0 bridgehead atoms. The summed E-state index contributed by atoms with van der Waals surface area (Å²) in [5, 5.41) is 4.10. The molecule has 1 unspecified atom stereocenters. The molecule has 2 N–H and O–H groups in total. The second-order valence-corrected chi connectivity index (χ2v) is 5.64. The maximum atomic E-state index is 6.15. The van der Waals surface area contributed by atoms with Gasteiger partial charge in [0.05, 0.1) is 20.7 Å². The Morgan fingerprint density at radius 1 is 1.41 bits per heavy atom. The molecular weight excluding hydrogens is 275 g/mol. The summed E-state index contributed by atoms with van der Waals surface area (Å²) in [6.07, 6.45) is 0.781. The Bertz CT molecular complexity index is 523. The lowest BCUT2D eigenvalue weighted by molar-refractivity contribution is 0.734. The van der Waals surface area contributed by atoms with Crippen molar-refractivity contribution in [1.82, 2.24) is 4.98 Å². The molecule has 0 aliphatic heterocycles. The second-order valence-electron chi connectivity index (χ2n) is 3.91. The Kier molecular flexibility index (Phi) is 4.05. The van der Waals surface area contributed by atoms with Crippen LogP contribution in [0, 0.1) is 0 Å². The Morgan fingerprint density at radius 3 is 2.88 bits per heavy atom. The van der Waals surface area contributed by atoms with E-state index in [1.54, 1.807) is 17.4 Å². The minimum absolute atomic E-state index is 0.115. The maximum Gasteiger partial charge on any atom is 0.0947 e. The zero-order valence-corrected chi connectivity index (χ0v) is 11.6. The van der Waals surface area contributed by atoms with Crippen molar-refractivity contribution in [2.75, 3.05) is 0 Å². The number of rotatable bonds is 3. The first-order valence-corrected chi connectivity index (χ1v) is 6.86. The standard InChI is InChI=1S/C12H12Cl2N2S/c1-7(15)5-11-16-10(6-17-11)8-3-2-4-9(13)12(8)14/h2-4,6-7H,5,15H2,1H3. The van der Waals surface area contributed by atoms with Gasteiger partial charge in [-0.05, 0) is 13.0 Å². The molecular formula is C12H12Cl2N2S. The quantitative estimate of drug-likeness (QED) is 0.926. The van der Waals surface area contributed by atoms with Gasteiger partial charge < -0.3 is 5.73 Å². The number of hydrogen-bond donors (Lipinski definition) is 1. The van der Waals surface area contributed by atoms with Crippen molar-refractivity contribution in [3.63, 3.8) is 0 Å². The van der Waals surface area contributed by atoms with E-state index in [-0.39, 0.29) is 6.04 Å². The first-order chi connectivity index (χ1) is 8.08. The Hall–Kier alpha value is -0.610. The van der Waals surface area contributed by atoms with E-state index in [4.69, 9.17) is 28.9 Å². The van der Waals surface area contributed by atoms with Crippen molar-refractivity contribution in [3.8, 4) is 11.3 Å². The van der Waals surface area contributed by atoms with Gasteiger partial charge in [0.25, 0.3) is 0 Å². The summed E-state index contributed by atoms with van der Waals surface area (Å²) in [6.45, 7) is 1.97. The van der Waals surface area contributed by atoms with Gasteiger partial charge in [0.15, 0.2) is 0 Å². The predicted molar refractivity (Wildman–Crippen MR) is 74.9 cm³/mol. The molecule has 1 aromatic heterocycles. The van der Waals surface area contributed by atoms with Gasteiger partial charge in [0, 0.05) is 23.4 Å². The Morgan fingerprint density at radius 2 is 2.18 bits per heavy atom. The van der Waals surface area contributed by atoms with E-state index in [1.165, 1.54) is 0 Å². The van der Waals surface area contributed by atoms with Crippen LogP contribution in [0.2, 0.25) is 10.0 Å². The largest absolute Gasteiger partial charge is 0.328 e. The summed E-state index contributed by atoms with van der Waals surface area (Å²) in [4.78, 5) is 4.52. The van der Waals surface area contributed by atoms with Gasteiger partial charge >= 0.3 is 0 Å². The van der Waals surface area contributed by atoms with Gasteiger partial charge in [-0.25, -0.2) is 4.98 Å². The van der Waals surface area contributed by atoms with Crippen molar-refractivity contribution in [2.24, 2.45) is 5.73 Å². The Labute approximate surface area is 114 Å². The normalized spacial score (nSPS) is 12.7. The number of thiazole rings is 1. The van der Waals surface area contributed by atoms with Crippen LogP contribution in [-0.4, -0.2) is 11.0 Å². The molecule has 17 heavy (non-hydrogen) atoms. The van der Waals surface area contributed by atoms with Crippen LogP contribution in [-0.2, 0) is 6.42 Å². The van der Waals surface area contributed by atoms with Crippen molar-refractivity contribution >= 4 is 34.5 Å². The van der Waals surface area contributed by atoms with E-state index in [1.807, 2.05) is 24.4 Å². The minimum atomic E-state index is 0.115. The molecule has 0 fully saturated rings.